The lowest BCUT2D eigenvalue weighted by Gasteiger charge is -2.32. The molecule has 2 saturated heterocycles. The van der Waals surface area contributed by atoms with E-state index in [1.165, 1.54) is 0 Å². The van der Waals surface area contributed by atoms with Crippen LogP contribution in [-0.2, 0) is 4.74 Å². The number of rotatable bonds is 3. The van der Waals surface area contributed by atoms with Crippen molar-refractivity contribution in [1.82, 2.24) is 14.8 Å². The van der Waals surface area contributed by atoms with Crippen molar-refractivity contribution in [3.05, 3.63) is 24.0 Å². The average Bonchev–Trinajstić information content (AvgIpc) is 3.05. The number of nitrogens with zero attached hydrogens (tertiary/aromatic N) is 3. The molecule has 0 spiro atoms. The van der Waals surface area contributed by atoms with Crippen molar-refractivity contribution >= 4 is 11.6 Å². The largest absolute Gasteiger partial charge is 0.379 e. The zero-order valence-electron chi connectivity index (χ0n) is 12.0. The van der Waals surface area contributed by atoms with E-state index < -0.39 is 0 Å². The molecule has 7 nitrogen and oxygen atoms in total. The molecule has 3 N–H and O–H groups in total. The quantitative estimate of drug-likeness (QED) is 0.598. The van der Waals surface area contributed by atoms with Gasteiger partial charge in [0.2, 0.25) is 0 Å². The van der Waals surface area contributed by atoms with Crippen LogP contribution in [0.15, 0.2) is 18.3 Å². The molecule has 3 rings (SSSR count). The molecule has 1 atom stereocenters. The molecule has 1 amide bonds. The monoisotopic (exact) mass is 291 g/mol. The second kappa shape index (κ2) is 6.38. The van der Waals surface area contributed by atoms with Crippen LogP contribution in [-0.4, -0.2) is 66.1 Å². The maximum absolute atomic E-state index is 12.4. The zero-order valence-corrected chi connectivity index (χ0v) is 12.0. The van der Waals surface area contributed by atoms with Gasteiger partial charge in [-0.1, -0.05) is 0 Å². The number of hydrazine groups is 1. The molecule has 21 heavy (non-hydrogen) atoms. The molecule has 0 aromatic carbocycles. The first-order chi connectivity index (χ1) is 10.3. The average molecular weight is 291 g/mol. The molecular weight excluding hydrogens is 270 g/mol. The summed E-state index contributed by atoms with van der Waals surface area (Å²) in [5.41, 5.74) is 3.67. The second-order valence-electron chi connectivity index (χ2n) is 5.42. The first-order valence-electron chi connectivity index (χ1n) is 7.31. The van der Waals surface area contributed by atoms with Crippen molar-refractivity contribution in [2.75, 3.05) is 44.8 Å². The standard InChI is InChI=1S/C14H21N5O2/c15-17-11-1-2-13(16-9-11)14(20)19-4-3-12(10-19)18-5-7-21-8-6-18/h1-2,9,12,17H,3-8,10,15H2. The number of carbonyl (C=O) groups excluding carboxylic acids is 1. The number of nitrogens with one attached hydrogen (secondary N) is 1. The molecule has 1 unspecified atom stereocenters. The number of pyridine rings is 1. The van der Waals surface area contributed by atoms with Crippen LogP contribution in [0.4, 0.5) is 5.69 Å². The Morgan fingerprint density at radius 2 is 2.14 bits per heavy atom. The third kappa shape index (κ3) is 3.15. The summed E-state index contributed by atoms with van der Waals surface area (Å²) in [7, 11) is 0. The van der Waals surface area contributed by atoms with Crippen molar-refractivity contribution in [3.63, 3.8) is 0 Å². The summed E-state index contributed by atoms with van der Waals surface area (Å²) in [5, 5.41) is 0. The van der Waals surface area contributed by atoms with Gasteiger partial charge in [0.25, 0.3) is 5.91 Å². The van der Waals surface area contributed by atoms with Crippen molar-refractivity contribution < 1.29 is 9.53 Å². The van der Waals surface area contributed by atoms with Crippen molar-refractivity contribution in [3.8, 4) is 0 Å². The van der Waals surface area contributed by atoms with Gasteiger partial charge in [0.15, 0.2) is 0 Å². The van der Waals surface area contributed by atoms with Crippen LogP contribution in [0.25, 0.3) is 0 Å². The van der Waals surface area contributed by atoms with Gasteiger partial charge in [0.05, 0.1) is 25.1 Å². The fourth-order valence-corrected chi connectivity index (χ4v) is 2.93. The minimum absolute atomic E-state index is 0.00525. The normalized spacial score (nSPS) is 23.3. The second-order valence-corrected chi connectivity index (χ2v) is 5.42. The fourth-order valence-electron chi connectivity index (χ4n) is 2.93. The number of anilines is 1. The highest BCUT2D eigenvalue weighted by atomic mass is 16.5. The molecule has 3 heterocycles. The molecule has 1 aromatic heterocycles. The van der Waals surface area contributed by atoms with E-state index >= 15 is 0 Å². The summed E-state index contributed by atoms with van der Waals surface area (Å²) >= 11 is 0. The van der Waals surface area contributed by atoms with Crippen LogP contribution in [0, 0.1) is 0 Å². The first kappa shape index (κ1) is 14.2. The number of hydrogen-bond acceptors (Lipinski definition) is 6. The SMILES string of the molecule is NNc1ccc(C(=O)N2CCC(N3CCOCC3)C2)nc1. The van der Waals surface area contributed by atoms with Gasteiger partial charge in [-0.05, 0) is 18.6 Å². The minimum atomic E-state index is -0.00525. The van der Waals surface area contributed by atoms with Gasteiger partial charge in [-0.3, -0.25) is 15.5 Å². The summed E-state index contributed by atoms with van der Waals surface area (Å²) < 4.78 is 5.38. The molecule has 7 heteroatoms. The predicted molar refractivity (Wildman–Crippen MR) is 78.7 cm³/mol. The lowest BCUT2D eigenvalue weighted by Crippen LogP contribution is -2.45. The Labute approximate surface area is 124 Å². The van der Waals surface area contributed by atoms with Gasteiger partial charge >= 0.3 is 0 Å². The number of nitrogen functional groups attached to an aromatic ring is 1. The van der Waals surface area contributed by atoms with Gasteiger partial charge in [0.1, 0.15) is 5.69 Å². The molecular formula is C14H21N5O2. The number of carbonyl (C=O) groups is 1. The highest BCUT2D eigenvalue weighted by molar-refractivity contribution is 5.92. The Bertz CT molecular complexity index is 487. The third-order valence-corrected chi connectivity index (χ3v) is 4.16. The van der Waals surface area contributed by atoms with Crippen molar-refractivity contribution in [1.29, 1.82) is 0 Å². The van der Waals surface area contributed by atoms with E-state index in [9.17, 15) is 4.79 Å². The molecule has 2 aliphatic rings. The summed E-state index contributed by atoms with van der Waals surface area (Å²) in [6, 6.07) is 3.91. The number of nitrogens with two attached hydrogens (primary N) is 1. The molecule has 1 aromatic rings. The lowest BCUT2D eigenvalue weighted by atomic mass is 10.2. The van der Waals surface area contributed by atoms with Crippen LogP contribution in [0.5, 0.6) is 0 Å². The molecule has 0 radical (unpaired) electrons. The number of morpholine rings is 1. The van der Waals surface area contributed by atoms with Crippen LogP contribution in [0.2, 0.25) is 0 Å². The molecule has 114 valence electrons. The van der Waals surface area contributed by atoms with Gasteiger partial charge in [-0.15, -0.1) is 0 Å². The van der Waals surface area contributed by atoms with Gasteiger partial charge in [0, 0.05) is 32.2 Å². The first-order valence-corrected chi connectivity index (χ1v) is 7.31. The van der Waals surface area contributed by atoms with Gasteiger partial charge in [-0.25, -0.2) is 4.98 Å². The van der Waals surface area contributed by atoms with E-state index in [0.717, 1.165) is 45.8 Å². The van der Waals surface area contributed by atoms with Crippen molar-refractivity contribution in [2.24, 2.45) is 5.84 Å². The summed E-state index contributed by atoms with van der Waals surface area (Å²) in [4.78, 5) is 20.9. The molecule has 2 fully saturated rings. The number of amides is 1. The number of likely N-dealkylation sites (tertiary alicyclic amines) is 1. The van der Waals surface area contributed by atoms with Crippen LogP contribution in [0.3, 0.4) is 0 Å². The van der Waals surface area contributed by atoms with E-state index in [1.807, 2.05) is 4.90 Å². The van der Waals surface area contributed by atoms with Crippen LogP contribution < -0.4 is 11.3 Å². The Morgan fingerprint density at radius 1 is 1.33 bits per heavy atom. The third-order valence-electron chi connectivity index (χ3n) is 4.16. The number of aromatic nitrogens is 1. The molecule has 0 bridgehead atoms. The van der Waals surface area contributed by atoms with E-state index in [1.54, 1.807) is 18.3 Å². The smallest absolute Gasteiger partial charge is 0.272 e. The van der Waals surface area contributed by atoms with Gasteiger partial charge < -0.3 is 15.1 Å². The van der Waals surface area contributed by atoms with Crippen LogP contribution in [0.1, 0.15) is 16.9 Å². The molecule has 2 aliphatic heterocycles. The Morgan fingerprint density at radius 3 is 2.81 bits per heavy atom. The topological polar surface area (TPSA) is 83.7 Å². The number of ether oxygens (including phenoxy) is 1. The molecule has 0 saturated carbocycles. The van der Waals surface area contributed by atoms with E-state index in [2.05, 4.69) is 15.3 Å². The van der Waals surface area contributed by atoms with E-state index in [-0.39, 0.29) is 5.91 Å². The van der Waals surface area contributed by atoms with Crippen molar-refractivity contribution in [2.45, 2.75) is 12.5 Å². The summed E-state index contributed by atoms with van der Waals surface area (Å²) in [6.45, 7) is 5.07. The lowest BCUT2D eigenvalue weighted by molar-refractivity contribution is 0.0185. The Balaban J connectivity index is 1.60. The minimum Gasteiger partial charge on any atom is -0.379 e. The predicted octanol–water partition coefficient (Wildman–Crippen LogP) is -0.0861. The van der Waals surface area contributed by atoms with E-state index in [0.29, 0.717) is 17.4 Å². The summed E-state index contributed by atoms with van der Waals surface area (Å²) in [6.07, 6.45) is 2.59. The Kier molecular flexibility index (Phi) is 4.33. The maximum Gasteiger partial charge on any atom is 0.272 e. The Hall–Kier alpha value is -1.70. The van der Waals surface area contributed by atoms with E-state index in [4.69, 9.17) is 10.6 Å². The highest BCUT2D eigenvalue weighted by Gasteiger charge is 2.31. The van der Waals surface area contributed by atoms with Gasteiger partial charge in [-0.2, -0.15) is 0 Å². The van der Waals surface area contributed by atoms with Crippen LogP contribution >= 0.6 is 0 Å². The fraction of sp³-hybridized carbons (Fsp3) is 0.571. The summed E-state index contributed by atoms with van der Waals surface area (Å²) in [5.74, 6) is 5.29. The number of hydrogen-bond donors (Lipinski definition) is 2. The zero-order chi connectivity index (χ0) is 14.7. The highest BCUT2D eigenvalue weighted by Crippen LogP contribution is 2.19. The molecule has 0 aliphatic carbocycles. The maximum atomic E-state index is 12.4.